The third-order valence-electron chi connectivity index (χ3n) is 4.48. The molecule has 0 unspecified atom stereocenters. The molecule has 1 aliphatic heterocycles. The maximum Gasteiger partial charge on any atom is 0.338 e. The fourth-order valence-electron chi connectivity index (χ4n) is 2.93. The summed E-state index contributed by atoms with van der Waals surface area (Å²) in [6.45, 7) is 2.19. The zero-order valence-corrected chi connectivity index (χ0v) is 15.8. The molecule has 0 aromatic heterocycles. The van der Waals surface area contributed by atoms with E-state index in [1.165, 1.54) is 14.0 Å². The SMILES string of the molecule is COc1cccc(NC(=O)[C@H](C)OC(=O)c2ccc(N3CCCC3=O)cc2)c1. The topological polar surface area (TPSA) is 84.9 Å². The summed E-state index contributed by atoms with van der Waals surface area (Å²) < 4.78 is 10.4. The molecular formula is C21H22N2O5. The van der Waals surface area contributed by atoms with Crippen LogP contribution in [-0.2, 0) is 14.3 Å². The minimum Gasteiger partial charge on any atom is -0.497 e. The number of esters is 1. The quantitative estimate of drug-likeness (QED) is 0.777. The van der Waals surface area contributed by atoms with Crippen LogP contribution in [0.5, 0.6) is 5.75 Å². The second kappa shape index (κ2) is 8.56. The minimum atomic E-state index is -0.974. The summed E-state index contributed by atoms with van der Waals surface area (Å²) in [5, 5.41) is 2.68. The summed E-state index contributed by atoms with van der Waals surface area (Å²) >= 11 is 0. The lowest BCUT2D eigenvalue weighted by Crippen LogP contribution is -2.30. The summed E-state index contributed by atoms with van der Waals surface area (Å²) in [6, 6.07) is 13.5. The average molecular weight is 382 g/mol. The second-order valence-electron chi connectivity index (χ2n) is 6.46. The Morgan fingerprint density at radius 2 is 1.89 bits per heavy atom. The Morgan fingerprint density at radius 3 is 2.54 bits per heavy atom. The van der Waals surface area contributed by atoms with Crippen molar-refractivity contribution in [3.63, 3.8) is 0 Å². The number of hydrogen-bond acceptors (Lipinski definition) is 5. The average Bonchev–Trinajstić information content (AvgIpc) is 3.14. The second-order valence-corrected chi connectivity index (χ2v) is 6.46. The highest BCUT2D eigenvalue weighted by Gasteiger charge is 2.23. The molecule has 0 aliphatic carbocycles. The Hall–Kier alpha value is -3.35. The smallest absolute Gasteiger partial charge is 0.338 e. The molecule has 1 atom stereocenters. The lowest BCUT2D eigenvalue weighted by atomic mass is 10.2. The molecule has 146 valence electrons. The van der Waals surface area contributed by atoms with Crippen LogP contribution in [0.2, 0.25) is 0 Å². The van der Waals surface area contributed by atoms with Crippen LogP contribution in [0.15, 0.2) is 48.5 Å². The van der Waals surface area contributed by atoms with E-state index in [0.717, 1.165) is 12.1 Å². The standard InChI is InChI=1S/C21H22N2O5/c1-14(20(25)22-16-5-3-6-18(13-16)27-2)28-21(26)15-8-10-17(11-9-15)23-12-4-7-19(23)24/h3,5-6,8-11,13-14H,4,7,12H2,1-2H3,(H,22,25)/t14-/m0/s1. The molecule has 2 amide bonds. The molecule has 1 fully saturated rings. The number of anilines is 2. The number of amides is 2. The van der Waals surface area contributed by atoms with E-state index in [9.17, 15) is 14.4 Å². The van der Waals surface area contributed by atoms with Gasteiger partial charge in [-0.3, -0.25) is 9.59 Å². The van der Waals surface area contributed by atoms with Gasteiger partial charge in [0.25, 0.3) is 5.91 Å². The van der Waals surface area contributed by atoms with Gasteiger partial charge in [0.2, 0.25) is 5.91 Å². The third kappa shape index (κ3) is 4.49. The summed E-state index contributed by atoms with van der Waals surface area (Å²) in [7, 11) is 1.54. The van der Waals surface area contributed by atoms with Crippen molar-refractivity contribution in [1.29, 1.82) is 0 Å². The number of methoxy groups -OCH3 is 1. The van der Waals surface area contributed by atoms with Gasteiger partial charge in [-0.1, -0.05) is 6.07 Å². The number of carbonyl (C=O) groups excluding carboxylic acids is 3. The number of benzene rings is 2. The van der Waals surface area contributed by atoms with E-state index in [2.05, 4.69) is 5.32 Å². The van der Waals surface area contributed by atoms with Gasteiger partial charge in [0.15, 0.2) is 6.10 Å². The molecule has 1 N–H and O–H groups in total. The van der Waals surface area contributed by atoms with Crippen molar-refractivity contribution in [3.05, 3.63) is 54.1 Å². The van der Waals surface area contributed by atoms with Gasteiger partial charge in [0.05, 0.1) is 12.7 Å². The molecule has 28 heavy (non-hydrogen) atoms. The highest BCUT2D eigenvalue weighted by molar-refractivity contribution is 5.98. The molecule has 0 radical (unpaired) electrons. The van der Waals surface area contributed by atoms with Crippen LogP contribution in [0.1, 0.15) is 30.1 Å². The summed E-state index contributed by atoms with van der Waals surface area (Å²) in [5.74, 6) is -0.356. The summed E-state index contributed by atoms with van der Waals surface area (Å²) in [5.41, 5.74) is 1.62. The molecule has 0 spiro atoms. The molecule has 0 bridgehead atoms. The van der Waals surface area contributed by atoms with Gasteiger partial charge in [-0.05, 0) is 49.7 Å². The highest BCUT2D eigenvalue weighted by Crippen LogP contribution is 2.22. The molecular weight excluding hydrogens is 360 g/mol. The number of carbonyl (C=O) groups is 3. The largest absolute Gasteiger partial charge is 0.497 e. The predicted octanol–water partition coefficient (Wildman–Crippen LogP) is 3.01. The van der Waals surface area contributed by atoms with Crippen LogP contribution < -0.4 is 15.0 Å². The van der Waals surface area contributed by atoms with Gasteiger partial charge in [-0.15, -0.1) is 0 Å². The summed E-state index contributed by atoms with van der Waals surface area (Å²) in [4.78, 5) is 38.1. The molecule has 7 nitrogen and oxygen atoms in total. The highest BCUT2D eigenvalue weighted by atomic mass is 16.5. The lowest BCUT2D eigenvalue weighted by Gasteiger charge is -2.16. The van der Waals surface area contributed by atoms with Crippen molar-refractivity contribution in [2.24, 2.45) is 0 Å². The lowest BCUT2D eigenvalue weighted by molar-refractivity contribution is -0.123. The van der Waals surface area contributed by atoms with E-state index in [0.29, 0.717) is 30.0 Å². The van der Waals surface area contributed by atoms with Crippen molar-refractivity contribution in [2.75, 3.05) is 23.9 Å². The first-order chi connectivity index (χ1) is 13.5. The Bertz CT molecular complexity index is 879. The van der Waals surface area contributed by atoms with Gasteiger partial charge >= 0.3 is 5.97 Å². The number of nitrogens with zero attached hydrogens (tertiary/aromatic N) is 1. The van der Waals surface area contributed by atoms with E-state index in [1.807, 2.05) is 0 Å². The Kier molecular flexibility index (Phi) is 5.93. The molecule has 2 aromatic rings. The number of nitrogens with one attached hydrogen (secondary N) is 1. The van der Waals surface area contributed by atoms with Crippen LogP contribution in [0.4, 0.5) is 11.4 Å². The van der Waals surface area contributed by atoms with E-state index in [4.69, 9.17) is 9.47 Å². The van der Waals surface area contributed by atoms with Crippen LogP contribution in [-0.4, -0.2) is 37.5 Å². The van der Waals surface area contributed by atoms with Gasteiger partial charge in [0, 0.05) is 30.4 Å². The van der Waals surface area contributed by atoms with E-state index >= 15 is 0 Å². The number of hydrogen-bond donors (Lipinski definition) is 1. The predicted molar refractivity (Wildman–Crippen MR) is 105 cm³/mol. The molecule has 1 heterocycles. The maximum absolute atomic E-state index is 12.3. The molecule has 3 rings (SSSR count). The zero-order valence-electron chi connectivity index (χ0n) is 15.8. The van der Waals surface area contributed by atoms with Crippen molar-refractivity contribution in [2.45, 2.75) is 25.9 Å². The van der Waals surface area contributed by atoms with Gasteiger partial charge in [0.1, 0.15) is 5.75 Å². The fraction of sp³-hybridized carbons (Fsp3) is 0.286. The van der Waals surface area contributed by atoms with Gasteiger partial charge in [-0.2, -0.15) is 0 Å². The first-order valence-corrected chi connectivity index (χ1v) is 9.04. The van der Waals surface area contributed by atoms with Crippen molar-refractivity contribution in [3.8, 4) is 5.75 Å². The monoisotopic (exact) mass is 382 g/mol. The Balaban J connectivity index is 1.58. The van der Waals surface area contributed by atoms with Crippen molar-refractivity contribution >= 4 is 29.2 Å². The zero-order chi connectivity index (χ0) is 20.1. The van der Waals surface area contributed by atoms with E-state index in [1.54, 1.807) is 53.4 Å². The Morgan fingerprint density at radius 1 is 1.14 bits per heavy atom. The van der Waals surface area contributed by atoms with E-state index in [-0.39, 0.29) is 5.91 Å². The molecule has 2 aromatic carbocycles. The normalized spacial score (nSPS) is 14.5. The van der Waals surface area contributed by atoms with Gasteiger partial charge in [-0.25, -0.2) is 4.79 Å². The first kappa shape index (κ1) is 19.4. The molecule has 0 saturated carbocycles. The third-order valence-corrected chi connectivity index (χ3v) is 4.48. The number of ether oxygens (including phenoxy) is 2. The van der Waals surface area contributed by atoms with Crippen LogP contribution in [0.3, 0.4) is 0 Å². The molecule has 1 saturated heterocycles. The van der Waals surface area contributed by atoms with Crippen LogP contribution >= 0.6 is 0 Å². The number of rotatable bonds is 6. The van der Waals surface area contributed by atoms with Crippen LogP contribution in [0, 0.1) is 0 Å². The van der Waals surface area contributed by atoms with Crippen molar-refractivity contribution < 1.29 is 23.9 Å². The Labute approximate surface area is 163 Å². The molecule has 7 heteroatoms. The minimum absolute atomic E-state index is 0.0816. The van der Waals surface area contributed by atoms with Gasteiger partial charge < -0.3 is 19.7 Å². The first-order valence-electron chi connectivity index (χ1n) is 9.04. The van der Waals surface area contributed by atoms with Crippen molar-refractivity contribution in [1.82, 2.24) is 0 Å². The van der Waals surface area contributed by atoms with E-state index < -0.39 is 18.0 Å². The summed E-state index contributed by atoms with van der Waals surface area (Å²) in [6.07, 6.45) is 0.408. The fourth-order valence-corrected chi connectivity index (χ4v) is 2.93. The van der Waals surface area contributed by atoms with Crippen LogP contribution in [0.25, 0.3) is 0 Å². The molecule has 1 aliphatic rings. The maximum atomic E-state index is 12.3.